The molecule has 0 saturated heterocycles. The van der Waals surface area contributed by atoms with Crippen molar-refractivity contribution in [2.45, 2.75) is 13.1 Å². The highest BCUT2D eigenvalue weighted by Crippen LogP contribution is 2.34. The van der Waals surface area contributed by atoms with E-state index < -0.39 is 11.7 Å². The minimum atomic E-state index is -4.30. The van der Waals surface area contributed by atoms with Crippen LogP contribution >= 0.6 is 22.6 Å². The van der Waals surface area contributed by atoms with E-state index in [4.69, 9.17) is 0 Å². The fourth-order valence-electron chi connectivity index (χ4n) is 1.66. The second-order valence-electron chi connectivity index (χ2n) is 4.06. The first-order valence-electron chi connectivity index (χ1n) is 5.32. The van der Waals surface area contributed by atoms with Gasteiger partial charge in [0.25, 0.3) is 0 Å². The monoisotopic (exact) mass is 362 g/mol. The van der Waals surface area contributed by atoms with Crippen molar-refractivity contribution in [1.82, 2.24) is 0 Å². The van der Waals surface area contributed by atoms with Crippen LogP contribution in [0.15, 0.2) is 42.5 Å². The SMILES string of the molecule is Cc1ccc(-c2cc(C(F)(F)F)ccc2I)cc1. The zero-order valence-corrected chi connectivity index (χ0v) is 11.7. The summed E-state index contributed by atoms with van der Waals surface area (Å²) in [6, 6.07) is 11.3. The summed E-state index contributed by atoms with van der Waals surface area (Å²) in [6.07, 6.45) is -4.30. The highest BCUT2D eigenvalue weighted by molar-refractivity contribution is 14.1. The number of hydrogen-bond donors (Lipinski definition) is 0. The first-order chi connectivity index (χ1) is 8.38. The number of halogens is 4. The quantitative estimate of drug-likeness (QED) is 0.605. The Morgan fingerprint density at radius 1 is 0.944 bits per heavy atom. The summed E-state index contributed by atoms with van der Waals surface area (Å²) in [5.74, 6) is 0. The molecule has 0 aliphatic heterocycles. The maximum Gasteiger partial charge on any atom is 0.416 e. The Morgan fingerprint density at radius 3 is 2.11 bits per heavy atom. The minimum Gasteiger partial charge on any atom is -0.166 e. The van der Waals surface area contributed by atoms with E-state index in [0.29, 0.717) is 5.56 Å². The van der Waals surface area contributed by atoms with Crippen LogP contribution in [0.2, 0.25) is 0 Å². The molecular weight excluding hydrogens is 352 g/mol. The predicted molar refractivity (Wildman–Crippen MR) is 74.3 cm³/mol. The molecule has 0 aromatic heterocycles. The maximum absolute atomic E-state index is 12.7. The standard InChI is InChI=1S/C14H10F3I/c1-9-2-4-10(5-3-9)12-8-11(14(15,16)17)6-7-13(12)18/h2-8H,1H3. The molecule has 94 valence electrons. The third-order valence-corrected chi connectivity index (χ3v) is 3.60. The number of alkyl halides is 3. The number of benzene rings is 2. The molecule has 0 amide bonds. The van der Waals surface area contributed by atoms with Gasteiger partial charge in [0.2, 0.25) is 0 Å². The van der Waals surface area contributed by atoms with Gasteiger partial charge in [0.15, 0.2) is 0 Å². The van der Waals surface area contributed by atoms with Crippen molar-refractivity contribution < 1.29 is 13.2 Å². The van der Waals surface area contributed by atoms with E-state index in [1.54, 1.807) is 0 Å². The molecule has 0 radical (unpaired) electrons. The van der Waals surface area contributed by atoms with E-state index in [1.165, 1.54) is 12.1 Å². The largest absolute Gasteiger partial charge is 0.416 e. The number of aryl methyl sites for hydroxylation is 1. The molecule has 0 heterocycles. The van der Waals surface area contributed by atoms with Gasteiger partial charge in [-0.3, -0.25) is 0 Å². The summed E-state index contributed by atoms with van der Waals surface area (Å²) in [5.41, 5.74) is 1.89. The lowest BCUT2D eigenvalue weighted by Gasteiger charge is -2.11. The van der Waals surface area contributed by atoms with Gasteiger partial charge in [0.1, 0.15) is 0 Å². The van der Waals surface area contributed by atoms with Crippen LogP contribution in [-0.4, -0.2) is 0 Å². The van der Waals surface area contributed by atoms with Crippen LogP contribution in [0.5, 0.6) is 0 Å². The molecule has 0 unspecified atom stereocenters. The normalized spacial score (nSPS) is 11.6. The smallest absolute Gasteiger partial charge is 0.166 e. The molecule has 0 aliphatic carbocycles. The molecule has 0 nitrogen and oxygen atoms in total. The lowest BCUT2D eigenvalue weighted by Crippen LogP contribution is -2.05. The van der Waals surface area contributed by atoms with E-state index >= 15 is 0 Å². The van der Waals surface area contributed by atoms with Gasteiger partial charge in [-0.2, -0.15) is 13.2 Å². The van der Waals surface area contributed by atoms with Crippen LogP contribution in [-0.2, 0) is 6.18 Å². The molecule has 0 spiro atoms. The van der Waals surface area contributed by atoms with Crippen LogP contribution in [0.4, 0.5) is 13.2 Å². The van der Waals surface area contributed by atoms with Crippen LogP contribution in [0, 0.1) is 10.5 Å². The van der Waals surface area contributed by atoms with Gasteiger partial charge in [-0.25, -0.2) is 0 Å². The number of rotatable bonds is 1. The Kier molecular flexibility index (Phi) is 3.66. The third-order valence-electron chi connectivity index (χ3n) is 2.66. The molecule has 2 rings (SSSR count). The van der Waals surface area contributed by atoms with Gasteiger partial charge in [0.05, 0.1) is 5.56 Å². The second-order valence-corrected chi connectivity index (χ2v) is 5.22. The summed E-state index contributed by atoms with van der Waals surface area (Å²) in [4.78, 5) is 0. The van der Waals surface area contributed by atoms with Crippen LogP contribution in [0.25, 0.3) is 11.1 Å². The van der Waals surface area contributed by atoms with Crippen molar-refractivity contribution in [3.05, 3.63) is 57.2 Å². The van der Waals surface area contributed by atoms with Crippen LogP contribution < -0.4 is 0 Å². The Labute approximate surface area is 117 Å². The summed E-state index contributed by atoms with van der Waals surface area (Å²) in [6.45, 7) is 1.95. The molecular formula is C14H10F3I. The van der Waals surface area contributed by atoms with Crippen molar-refractivity contribution in [1.29, 1.82) is 0 Å². The van der Waals surface area contributed by atoms with Gasteiger partial charge in [-0.05, 0) is 58.8 Å². The number of hydrogen-bond acceptors (Lipinski definition) is 0. The Morgan fingerprint density at radius 2 is 1.56 bits per heavy atom. The summed E-state index contributed by atoms with van der Waals surface area (Å²) in [7, 11) is 0. The lowest BCUT2D eigenvalue weighted by molar-refractivity contribution is -0.137. The minimum absolute atomic E-state index is 0.613. The fraction of sp³-hybridized carbons (Fsp3) is 0.143. The molecule has 2 aromatic carbocycles. The molecule has 0 atom stereocenters. The summed E-state index contributed by atoms with van der Waals surface area (Å²) < 4.78 is 38.8. The van der Waals surface area contributed by atoms with Gasteiger partial charge < -0.3 is 0 Å². The van der Waals surface area contributed by atoms with Gasteiger partial charge >= 0.3 is 6.18 Å². The zero-order chi connectivity index (χ0) is 13.3. The average Bonchev–Trinajstić information content (AvgIpc) is 2.29. The Balaban J connectivity index is 2.53. The maximum atomic E-state index is 12.7. The Hall–Kier alpha value is -1.04. The van der Waals surface area contributed by atoms with E-state index in [-0.39, 0.29) is 0 Å². The molecule has 18 heavy (non-hydrogen) atoms. The van der Waals surface area contributed by atoms with Crippen molar-refractivity contribution in [3.8, 4) is 11.1 Å². The summed E-state index contributed by atoms with van der Waals surface area (Å²) >= 11 is 2.05. The average molecular weight is 362 g/mol. The van der Waals surface area contributed by atoms with Crippen LogP contribution in [0.3, 0.4) is 0 Å². The molecule has 0 N–H and O–H groups in total. The first-order valence-corrected chi connectivity index (χ1v) is 6.39. The summed E-state index contributed by atoms with van der Waals surface area (Å²) in [5, 5.41) is 0. The van der Waals surface area contributed by atoms with Gasteiger partial charge in [-0.15, -0.1) is 0 Å². The highest BCUT2D eigenvalue weighted by atomic mass is 127. The van der Waals surface area contributed by atoms with Gasteiger partial charge in [-0.1, -0.05) is 29.8 Å². The fourth-order valence-corrected chi connectivity index (χ4v) is 2.30. The molecule has 0 fully saturated rings. The highest BCUT2D eigenvalue weighted by Gasteiger charge is 2.30. The molecule has 4 heteroatoms. The Bertz CT molecular complexity index is 556. The molecule has 0 aliphatic rings. The van der Waals surface area contributed by atoms with Gasteiger partial charge in [0, 0.05) is 3.57 Å². The van der Waals surface area contributed by atoms with Crippen LogP contribution in [0.1, 0.15) is 11.1 Å². The lowest BCUT2D eigenvalue weighted by atomic mass is 10.0. The topological polar surface area (TPSA) is 0 Å². The molecule has 0 saturated carbocycles. The van der Waals surface area contributed by atoms with Crippen molar-refractivity contribution in [2.75, 3.05) is 0 Å². The van der Waals surface area contributed by atoms with Crippen molar-refractivity contribution >= 4 is 22.6 Å². The molecule has 0 bridgehead atoms. The van der Waals surface area contributed by atoms with Crippen molar-refractivity contribution in [2.24, 2.45) is 0 Å². The second kappa shape index (κ2) is 4.91. The van der Waals surface area contributed by atoms with E-state index in [2.05, 4.69) is 22.6 Å². The first kappa shape index (κ1) is 13.4. The zero-order valence-electron chi connectivity index (χ0n) is 9.55. The van der Waals surface area contributed by atoms with E-state index in [9.17, 15) is 13.2 Å². The van der Waals surface area contributed by atoms with Crippen molar-refractivity contribution in [3.63, 3.8) is 0 Å². The predicted octanol–water partition coefficient (Wildman–Crippen LogP) is 5.29. The van der Waals surface area contributed by atoms with E-state index in [0.717, 1.165) is 20.8 Å². The van der Waals surface area contributed by atoms with E-state index in [1.807, 2.05) is 31.2 Å². The third kappa shape index (κ3) is 2.85. The molecule has 2 aromatic rings.